The number of nitro benzene ring substituents is 1. The topological polar surface area (TPSA) is 76.7 Å². The van der Waals surface area contributed by atoms with E-state index in [1.54, 1.807) is 34.8 Å². The van der Waals surface area contributed by atoms with Gasteiger partial charge in [-0.3, -0.25) is 14.9 Å². The van der Waals surface area contributed by atoms with Crippen LogP contribution in [0.2, 0.25) is 0 Å². The monoisotopic (exact) mass is 400 g/mol. The van der Waals surface area contributed by atoms with Crippen molar-refractivity contribution in [1.82, 2.24) is 0 Å². The maximum atomic E-state index is 12.6. The Morgan fingerprint density at radius 1 is 1.19 bits per heavy atom. The lowest BCUT2D eigenvalue weighted by Crippen LogP contribution is -3.14. The summed E-state index contributed by atoms with van der Waals surface area (Å²) >= 11 is 3.51. The molecule has 0 aliphatic carbocycles. The fourth-order valence-electron chi connectivity index (χ4n) is 3.53. The van der Waals surface area contributed by atoms with Crippen molar-refractivity contribution in [2.45, 2.75) is 12.5 Å². The average Bonchev–Trinajstić information content (AvgIpc) is 3.33. The third kappa shape index (κ3) is 3.78. The van der Waals surface area contributed by atoms with Gasteiger partial charge in [0.2, 0.25) is 0 Å². The number of fused-ring (bicyclic) bond motifs is 1. The molecule has 2 atom stereocenters. The van der Waals surface area contributed by atoms with Crippen LogP contribution in [0.5, 0.6) is 0 Å². The van der Waals surface area contributed by atoms with Crippen LogP contribution in [0.1, 0.15) is 21.4 Å². The smallest absolute Gasteiger partial charge is 0.279 e. The number of nitro groups is 1. The summed E-state index contributed by atoms with van der Waals surface area (Å²) in [5.74, 6) is -0.0842. The number of carbonyl (C=O) groups excluding carboxylic acids is 1. The van der Waals surface area contributed by atoms with Crippen LogP contribution < -0.4 is 10.2 Å². The normalized spacial score (nSPS) is 18.7. The highest BCUT2D eigenvalue weighted by Gasteiger charge is 2.35. The van der Waals surface area contributed by atoms with E-state index >= 15 is 0 Å². The van der Waals surface area contributed by atoms with Crippen molar-refractivity contribution in [3.05, 3.63) is 78.7 Å². The molecule has 1 unspecified atom stereocenters. The lowest BCUT2D eigenvalue weighted by Gasteiger charge is -2.31. The van der Waals surface area contributed by atoms with Crippen molar-refractivity contribution in [2.75, 3.05) is 18.4 Å². The number of rotatable bonds is 5. The molecule has 0 fully saturated rings. The summed E-state index contributed by atoms with van der Waals surface area (Å²) < 4.78 is 0. The van der Waals surface area contributed by atoms with Gasteiger partial charge in [-0.05, 0) is 35.0 Å². The van der Waals surface area contributed by atoms with E-state index in [1.807, 2.05) is 0 Å². The second kappa shape index (κ2) is 7.59. The Hall–Kier alpha value is -2.55. The number of non-ortho nitro benzene ring substituents is 1. The van der Waals surface area contributed by atoms with Gasteiger partial charge in [0.05, 0.1) is 16.3 Å². The number of amides is 1. The average molecular weight is 401 g/mol. The van der Waals surface area contributed by atoms with Gasteiger partial charge in [-0.15, -0.1) is 22.7 Å². The molecule has 0 radical (unpaired) electrons. The standard InChI is InChI=1S/C19H17N3O3S2/c23-18(20-13-3-5-14(6-4-13)22(24)25)12-21-9-7-16-15(8-11-27-16)19(21)17-2-1-10-26-17/h1-6,8,10-11,19H,7,9,12H2,(H,20,23)/p+1/t19-/m0/s1. The van der Waals surface area contributed by atoms with Crippen molar-refractivity contribution in [3.8, 4) is 0 Å². The number of hydrogen-bond donors (Lipinski definition) is 2. The van der Waals surface area contributed by atoms with Crippen LogP contribution in [0.15, 0.2) is 53.2 Å². The molecule has 138 valence electrons. The summed E-state index contributed by atoms with van der Waals surface area (Å²) in [4.78, 5) is 26.8. The quantitative estimate of drug-likeness (QED) is 0.511. The minimum absolute atomic E-state index is 0.0115. The van der Waals surface area contributed by atoms with Gasteiger partial charge in [-0.2, -0.15) is 0 Å². The highest BCUT2D eigenvalue weighted by molar-refractivity contribution is 7.10. The van der Waals surface area contributed by atoms with Crippen LogP contribution in [0.25, 0.3) is 0 Å². The molecule has 0 saturated heterocycles. The molecular weight excluding hydrogens is 382 g/mol. The van der Waals surface area contributed by atoms with Gasteiger partial charge in [0.1, 0.15) is 6.04 Å². The van der Waals surface area contributed by atoms with Gasteiger partial charge in [0.25, 0.3) is 11.6 Å². The van der Waals surface area contributed by atoms with E-state index in [4.69, 9.17) is 0 Å². The Bertz CT molecular complexity index is 951. The molecule has 1 amide bonds. The molecule has 4 rings (SSSR count). The molecule has 1 aliphatic heterocycles. The molecule has 2 N–H and O–H groups in total. The number of nitrogens with one attached hydrogen (secondary N) is 2. The van der Waals surface area contributed by atoms with Gasteiger partial charge >= 0.3 is 0 Å². The third-order valence-electron chi connectivity index (χ3n) is 4.75. The zero-order chi connectivity index (χ0) is 18.8. The number of benzene rings is 1. The summed E-state index contributed by atoms with van der Waals surface area (Å²) in [6, 6.07) is 12.5. The predicted molar refractivity (Wildman–Crippen MR) is 107 cm³/mol. The Labute approximate surface area is 164 Å². The van der Waals surface area contributed by atoms with E-state index < -0.39 is 4.92 Å². The maximum absolute atomic E-state index is 12.6. The highest BCUT2D eigenvalue weighted by atomic mass is 32.1. The number of thiophene rings is 2. The van der Waals surface area contributed by atoms with Crippen LogP contribution in [-0.2, 0) is 11.2 Å². The Kier molecular flexibility index (Phi) is 5.02. The zero-order valence-corrected chi connectivity index (χ0v) is 16.0. The van der Waals surface area contributed by atoms with Crippen molar-refractivity contribution in [3.63, 3.8) is 0 Å². The fraction of sp³-hybridized carbons (Fsp3) is 0.211. The van der Waals surface area contributed by atoms with Crippen molar-refractivity contribution in [1.29, 1.82) is 0 Å². The molecule has 0 saturated carbocycles. The summed E-state index contributed by atoms with van der Waals surface area (Å²) in [5, 5.41) is 17.8. The highest BCUT2D eigenvalue weighted by Crippen LogP contribution is 2.31. The van der Waals surface area contributed by atoms with E-state index in [0.29, 0.717) is 12.2 Å². The minimum Gasteiger partial charge on any atom is -0.321 e. The van der Waals surface area contributed by atoms with Gasteiger partial charge < -0.3 is 10.2 Å². The molecule has 1 aliphatic rings. The van der Waals surface area contributed by atoms with Crippen molar-refractivity contribution in [2.24, 2.45) is 0 Å². The first-order valence-corrected chi connectivity index (χ1v) is 10.4. The molecule has 3 heterocycles. The second-order valence-electron chi connectivity index (χ2n) is 6.43. The second-order valence-corrected chi connectivity index (χ2v) is 8.41. The zero-order valence-electron chi connectivity index (χ0n) is 14.4. The summed E-state index contributed by atoms with van der Waals surface area (Å²) in [7, 11) is 0. The number of hydrogen-bond acceptors (Lipinski definition) is 5. The summed E-state index contributed by atoms with van der Waals surface area (Å²) in [5.41, 5.74) is 1.91. The largest absolute Gasteiger partial charge is 0.321 e. The third-order valence-corrected chi connectivity index (χ3v) is 6.68. The molecule has 3 aromatic rings. The Morgan fingerprint density at radius 3 is 2.70 bits per heavy atom. The Balaban J connectivity index is 1.49. The number of quaternary nitrogens is 1. The van der Waals surface area contributed by atoms with Gasteiger partial charge in [-0.25, -0.2) is 0 Å². The minimum atomic E-state index is -0.451. The number of nitrogens with zero attached hydrogens (tertiary/aromatic N) is 1. The summed E-state index contributed by atoms with van der Waals surface area (Å²) in [6.07, 6.45) is 0.981. The molecule has 27 heavy (non-hydrogen) atoms. The first-order valence-electron chi connectivity index (χ1n) is 8.60. The number of carbonyl (C=O) groups is 1. The van der Waals surface area contributed by atoms with E-state index in [1.165, 1.54) is 32.4 Å². The molecule has 8 heteroatoms. The van der Waals surface area contributed by atoms with Gasteiger partial charge in [0, 0.05) is 34.7 Å². The first-order chi connectivity index (χ1) is 13.1. The van der Waals surface area contributed by atoms with Crippen molar-refractivity contribution >= 4 is 40.0 Å². The van der Waals surface area contributed by atoms with E-state index in [9.17, 15) is 14.9 Å². The van der Waals surface area contributed by atoms with E-state index in [2.05, 4.69) is 34.3 Å². The van der Waals surface area contributed by atoms with Crippen LogP contribution in [0, 0.1) is 10.1 Å². The Morgan fingerprint density at radius 2 is 2.00 bits per heavy atom. The van der Waals surface area contributed by atoms with Gasteiger partial charge in [-0.1, -0.05) is 6.07 Å². The van der Waals surface area contributed by atoms with Crippen LogP contribution in [-0.4, -0.2) is 23.9 Å². The molecular formula is C19H18N3O3S2+. The fourth-order valence-corrected chi connectivity index (χ4v) is 5.35. The first kappa shape index (κ1) is 17.8. The molecule has 0 spiro atoms. The lowest BCUT2D eigenvalue weighted by molar-refractivity contribution is -0.919. The number of anilines is 1. The lowest BCUT2D eigenvalue weighted by atomic mass is 9.98. The molecule has 1 aromatic carbocycles. The van der Waals surface area contributed by atoms with Crippen LogP contribution in [0.4, 0.5) is 11.4 Å². The maximum Gasteiger partial charge on any atom is 0.279 e. The predicted octanol–water partition coefficient (Wildman–Crippen LogP) is 2.89. The van der Waals surface area contributed by atoms with Crippen molar-refractivity contribution < 1.29 is 14.6 Å². The van der Waals surface area contributed by atoms with Gasteiger partial charge in [0.15, 0.2) is 6.54 Å². The molecule has 6 nitrogen and oxygen atoms in total. The van der Waals surface area contributed by atoms with Crippen LogP contribution in [0.3, 0.4) is 0 Å². The SMILES string of the molecule is O=C(C[NH+]1CCc2sccc2[C@H]1c1cccs1)Nc1ccc([N+](=O)[O-])cc1. The van der Waals surface area contributed by atoms with E-state index in [0.717, 1.165) is 13.0 Å². The van der Waals surface area contributed by atoms with E-state index in [-0.39, 0.29) is 17.6 Å². The summed E-state index contributed by atoms with van der Waals surface area (Å²) in [6.45, 7) is 1.26. The molecule has 0 bridgehead atoms. The van der Waals surface area contributed by atoms with Crippen LogP contribution >= 0.6 is 22.7 Å². The molecule has 2 aromatic heterocycles.